The number of carbonyl (C=O) groups excluding carboxylic acids is 1. The van der Waals surface area contributed by atoms with Gasteiger partial charge in [-0.1, -0.05) is 35.9 Å². The Morgan fingerprint density at radius 2 is 1.88 bits per heavy atom. The van der Waals surface area contributed by atoms with Crippen LogP contribution >= 0.6 is 27.5 Å². The Hall–Kier alpha value is -1.12. The van der Waals surface area contributed by atoms with Gasteiger partial charge in [0.2, 0.25) is 0 Å². The Bertz CT molecular complexity index is 578. The Labute approximate surface area is 114 Å². The van der Waals surface area contributed by atoms with Crippen LogP contribution in [-0.4, -0.2) is 5.78 Å². The molecule has 0 aliphatic heterocycles. The smallest absolute Gasteiger partial charge is 0.194 e. The third-order valence-corrected chi connectivity index (χ3v) is 3.81. The fourth-order valence-electron chi connectivity index (χ4n) is 1.61. The number of carbonyl (C=O) groups is 1. The van der Waals surface area contributed by atoms with E-state index < -0.39 is 0 Å². The molecular weight excluding hydrogens is 300 g/mol. The van der Waals surface area contributed by atoms with Gasteiger partial charge in [0.25, 0.3) is 0 Å². The summed E-state index contributed by atoms with van der Waals surface area (Å²) in [6, 6.07) is 12.6. The third-order valence-electron chi connectivity index (χ3n) is 2.52. The zero-order chi connectivity index (χ0) is 12.4. The van der Waals surface area contributed by atoms with E-state index in [-0.39, 0.29) is 5.78 Å². The second-order valence-electron chi connectivity index (χ2n) is 3.78. The topological polar surface area (TPSA) is 17.1 Å². The lowest BCUT2D eigenvalue weighted by Crippen LogP contribution is -2.02. The molecule has 2 aromatic rings. The van der Waals surface area contributed by atoms with E-state index in [9.17, 15) is 4.79 Å². The molecular formula is C14H10BrClO. The second-order valence-corrected chi connectivity index (χ2v) is 5.01. The predicted molar refractivity (Wildman–Crippen MR) is 73.8 cm³/mol. The Morgan fingerprint density at radius 1 is 1.18 bits per heavy atom. The quantitative estimate of drug-likeness (QED) is 0.738. The van der Waals surface area contributed by atoms with E-state index in [1.807, 2.05) is 19.1 Å². The van der Waals surface area contributed by atoms with Gasteiger partial charge in [-0.15, -0.1) is 0 Å². The van der Waals surface area contributed by atoms with E-state index in [0.29, 0.717) is 16.1 Å². The summed E-state index contributed by atoms with van der Waals surface area (Å²) in [5, 5.41) is 0.569. The number of rotatable bonds is 2. The van der Waals surface area contributed by atoms with Crippen molar-refractivity contribution in [3.8, 4) is 0 Å². The van der Waals surface area contributed by atoms with Crippen LogP contribution in [0.15, 0.2) is 46.9 Å². The van der Waals surface area contributed by atoms with Crippen LogP contribution in [0.5, 0.6) is 0 Å². The lowest BCUT2D eigenvalue weighted by Gasteiger charge is -2.06. The van der Waals surface area contributed by atoms with Crippen LogP contribution < -0.4 is 0 Å². The van der Waals surface area contributed by atoms with Crippen molar-refractivity contribution in [2.24, 2.45) is 0 Å². The maximum Gasteiger partial charge on any atom is 0.194 e. The fraction of sp³-hybridized carbons (Fsp3) is 0.0714. The molecule has 0 radical (unpaired) electrons. The molecule has 0 heterocycles. The summed E-state index contributed by atoms with van der Waals surface area (Å²) < 4.78 is 0.838. The van der Waals surface area contributed by atoms with Gasteiger partial charge in [-0.05, 0) is 46.6 Å². The molecule has 0 atom stereocenters. The van der Waals surface area contributed by atoms with Crippen LogP contribution in [0.25, 0.3) is 0 Å². The Kier molecular flexibility index (Phi) is 3.65. The van der Waals surface area contributed by atoms with Gasteiger partial charge in [0.15, 0.2) is 5.78 Å². The van der Waals surface area contributed by atoms with Gasteiger partial charge in [-0.2, -0.15) is 0 Å². The highest BCUT2D eigenvalue weighted by Gasteiger charge is 2.13. The van der Waals surface area contributed by atoms with Crippen LogP contribution in [0.3, 0.4) is 0 Å². The minimum absolute atomic E-state index is 0.0249. The zero-order valence-corrected chi connectivity index (χ0v) is 11.5. The molecule has 2 aromatic carbocycles. The molecule has 3 heteroatoms. The molecule has 0 spiro atoms. The molecule has 0 aliphatic rings. The Balaban J connectivity index is 2.48. The van der Waals surface area contributed by atoms with Gasteiger partial charge in [0.05, 0.1) is 0 Å². The first-order valence-electron chi connectivity index (χ1n) is 5.15. The summed E-state index contributed by atoms with van der Waals surface area (Å²) in [4.78, 5) is 12.3. The van der Waals surface area contributed by atoms with Gasteiger partial charge < -0.3 is 0 Å². The SMILES string of the molecule is Cc1cccc(C(=O)c2cccc(Cl)c2)c1Br. The van der Waals surface area contributed by atoms with Crippen molar-refractivity contribution in [3.63, 3.8) is 0 Å². The summed E-state index contributed by atoms with van der Waals surface area (Å²) in [6.45, 7) is 1.96. The molecule has 0 saturated heterocycles. The number of benzene rings is 2. The summed E-state index contributed by atoms with van der Waals surface area (Å²) in [5.74, 6) is -0.0249. The second kappa shape index (κ2) is 5.03. The number of hydrogen-bond acceptors (Lipinski definition) is 1. The van der Waals surface area contributed by atoms with Crippen molar-refractivity contribution in [2.45, 2.75) is 6.92 Å². The maximum absolute atomic E-state index is 12.3. The molecule has 0 saturated carbocycles. The molecule has 0 bridgehead atoms. The molecule has 0 aromatic heterocycles. The largest absolute Gasteiger partial charge is 0.289 e. The van der Waals surface area contributed by atoms with Gasteiger partial charge in [-0.25, -0.2) is 0 Å². The van der Waals surface area contributed by atoms with Crippen LogP contribution in [-0.2, 0) is 0 Å². The normalized spacial score (nSPS) is 10.3. The average molecular weight is 310 g/mol. The third kappa shape index (κ3) is 2.59. The highest BCUT2D eigenvalue weighted by molar-refractivity contribution is 9.10. The molecule has 0 fully saturated rings. The van der Waals surface area contributed by atoms with E-state index in [4.69, 9.17) is 11.6 Å². The van der Waals surface area contributed by atoms with Gasteiger partial charge in [-0.3, -0.25) is 4.79 Å². The first kappa shape index (κ1) is 12.3. The molecule has 0 unspecified atom stereocenters. The molecule has 0 amide bonds. The summed E-state index contributed by atoms with van der Waals surface area (Å²) in [6.07, 6.45) is 0. The highest BCUT2D eigenvalue weighted by Crippen LogP contribution is 2.24. The predicted octanol–water partition coefficient (Wildman–Crippen LogP) is 4.64. The molecule has 0 N–H and O–H groups in total. The van der Waals surface area contributed by atoms with E-state index in [2.05, 4.69) is 15.9 Å². The number of ketones is 1. The molecule has 2 rings (SSSR count). The van der Waals surface area contributed by atoms with Crippen LogP contribution in [0, 0.1) is 6.92 Å². The average Bonchev–Trinajstić information content (AvgIpc) is 2.32. The van der Waals surface area contributed by atoms with Crippen molar-refractivity contribution in [2.75, 3.05) is 0 Å². The van der Waals surface area contributed by atoms with E-state index in [1.54, 1.807) is 30.3 Å². The van der Waals surface area contributed by atoms with E-state index in [0.717, 1.165) is 10.0 Å². The molecule has 86 valence electrons. The van der Waals surface area contributed by atoms with Gasteiger partial charge >= 0.3 is 0 Å². The fourth-order valence-corrected chi connectivity index (χ4v) is 2.24. The summed E-state index contributed by atoms with van der Waals surface area (Å²) in [7, 11) is 0. The minimum atomic E-state index is -0.0249. The van der Waals surface area contributed by atoms with Crippen LogP contribution in [0.1, 0.15) is 21.5 Å². The van der Waals surface area contributed by atoms with Crippen molar-refractivity contribution >= 4 is 33.3 Å². The Morgan fingerprint density at radius 3 is 2.59 bits per heavy atom. The lowest BCUT2D eigenvalue weighted by molar-refractivity contribution is 0.103. The van der Waals surface area contributed by atoms with E-state index in [1.165, 1.54) is 0 Å². The number of halogens is 2. The molecule has 0 aliphatic carbocycles. The van der Waals surface area contributed by atoms with Crippen molar-refractivity contribution in [1.82, 2.24) is 0 Å². The molecule has 1 nitrogen and oxygen atoms in total. The first-order valence-corrected chi connectivity index (χ1v) is 6.32. The van der Waals surface area contributed by atoms with Crippen molar-refractivity contribution < 1.29 is 4.79 Å². The summed E-state index contributed by atoms with van der Waals surface area (Å²) in [5.41, 5.74) is 2.30. The standard InChI is InChI=1S/C14H10BrClO/c1-9-4-2-7-12(13(9)15)14(17)10-5-3-6-11(16)8-10/h2-8H,1H3. The number of hydrogen-bond donors (Lipinski definition) is 0. The van der Waals surface area contributed by atoms with E-state index >= 15 is 0 Å². The van der Waals surface area contributed by atoms with Crippen molar-refractivity contribution in [1.29, 1.82) is 0 Å². The number of aryl methyl sites for hydroxylation is 1. The maximum atomic E-state index is 12.3. The minimum Gasteiger partial charge on any atom is -0.289 e. The first-order chi connectivity index (χ1) is 8.09. The molecule has 17 heavy (non-hydrogen) atoms. The van der Waals surface area contributed by atoms with Crippen LogP contribution in [0.2, 0.25) is 5.02 Å². The van der Waals surface area contributed by atoms with Gasteiger partial charge in [0, 0.05) is 20.6 Å². The summed E-state index contributed by atoms with van der Waals surface area (Å²) >= 11 is 9.33. The van der Waals surface area contributed by atoms with Crippen molar-refractivity contribution in [3.05, 3.63) is 68.7 Å². The van der Waals surface area contributed by atoms with Crippen LogP contribution in [0.4, 0.5) is 0 Å². The lowest BCUT2D eigenvalue weighted by atomic mass is 10.0. The van der Waals surface area contributed by atoms with Gasteiger partial charge in [0.1, 0.15) is 0 Å². The monoisotopic (exact) mass is 308 g/mol. The highest BCUT2D eigenvalue weighted by atomic mass is 79.9. The zero-order valence-electron chi connectivity index (χ0n) is 9.21.